The molecule has 4 heteroatoms. The van der Waals surface area contributed by atoms with Crippen LogP contribution in [0.1, 0.15) is 31.7 Å². The molecule has 0 spiro atoms. The zero-order valence-electron chi connectivity index (χ0n) is 11.2. The number of hydrogen-bond acceptors (Lipinski definition) is 4. The van der Waals surface area contributed by atoms with Gasteiger partial charge in [-0.05, 0) is 33.2 Å². The summed E-state index contributed by atoms with van der Waals surface area (Å²) < 4.78 is 5.07. The van der Waals surface area contributed by atoms with Crippen molar-refractivity contribution in [1.82, 2.24) is 15.4 Å². The van der Waals surface area contributed by atoms with Crippen LogP contribution >= 0.6 is 0 Å². The fraction of sp³-hybridized carbons (Fsp3) is 0.769. The zero-order chi connectivity index (χ0) is 12.4. The minimum Gasteiger partial charge on any atom is -0.361 e. The first-order valence-corrected chi connectivity index (χ1v) is 6.42. The minimum absolute atomic E-state index is 0.582. The second-order valence-electron chi connectivity index (χ2n) is 5.42. The molecule has 3 atom stereocenters. The highest BCUT2D eigenvalue weighted by Crippen LogP contribution is 2.21. The minimum atomic E-state index is 0.582. The van der Waals surface area contributed by atoms with E-state index in [0.29, 0.717) is 18.0 Å². The molecule has 0 amide bonds. The predicted molar refractivity (Wildman–Crippen MR) is 67.7 cm³/mol. The molecule has 1 saturated heterocycles. The molecule has 2 rings (SSSR count). The Morgan fingerprint density at radius 1 is 1.53 bits per heavy atom. The molecule has 1 fully saturated rings. The Labute approximate surface area is 103 Å². The van der Waals surface area contributed by atoms with Gasteiger partial charge >= 0.3 is 0 Å². The molecular weight excluding hydrogens is 214 g/mol. The number of nitrogens with one attached hydrogen (secondary N) is 1. The smallest absolute Gasteiger partial charge is 0.133 e. The van der Waals surface area contributed by atoms with Gasteiger partial charge in [-0.3, -0.25) is 0 Å². The van der Waals surface area contributed by atoms with Crippen LogP contribution in [0.2, 0.25) is 0 Å². The van der Waals surface area contributed by atoms with Gasteiger partial charge in [-0.1, -0.05) is 12.1 Å². The van der Waals surface area contributed by atoms with E-state index in [1.54, 1.807) is 0 Å². The molecule has 0 saturated carbocycles. The lowest BCUT2D eigenvalue weighted by Gasteiger charge is -2.40. The van der Waals surface area contributed by atoms with Gasteiger partial charge in [0.15, 0.2) is 0 Å². The number of piperidine rings is 1. The summed E-state index contributed by atoms with van der Waals surface area (Å²) in [5.41, 5.74) is 1.00. The quantitative estimate of drug-likeness (QED) is 0.870. The molecule has 2 heterocycles. The SMILES string of the molecule is Cc1cc(CNC2CC(C)N(C)CC2C)no1. The number of nitrogens with zero attached hydrogens (tertiary/aromatic N) is 2. The zero-order valence-corrected chi connectivity index (χ0v) is 11.2. The molecule has 17 heavy (non-hydrogen) atoms. The van der Waals surface area contributed by atoms with Gasteiger partial charge in [-0.25, -0.2) is 0 Å². The summed E-state index contributed by atoms with van der Waals surface area (Å²) in [6, 6.07) is 3.23. The van der Waals surface area contributed by atoms with E-state index in [4.69, 9.17) is 4.52 Å². The van der Waals surface area contributed by atoms with Crippen molar-refractivity contribution in [3.63, 3.8) is 0 Å². The van der Waals surface area contributed by atoms with Gasteiger partial charge in [0.05, 0.1) is 5.69 Å². The number of aryl methyl sites for hydroxylation is 1. The van der Waals surface area contributed by atoms with E-state index in [1.165, 1.54) is 6.42 Å². The molecule has 0 aliphatic carbocycles. The fourth-order valence-corrected chi connectivity index (χ4v) is 2.56. The highest BCUT2D eigenvalue weighted by Gasteiger charge is 2.28. The molecule has 1 N–H and O–H groups in total. The monoisotopic (exact) mass is 237 g/mol. The molecular formula is C13H23N3O. The summed E-state index contributed by atoms with van der Waals surface area (Å²) in [6.45, 7) is 8.51. The van der Waals surface area contributed by atoms with Crippen molar-refractivity contribution in [2.75, 3.05) is 13.6 Å². The van der Waals surface area contributed by atoms with Gasteiger partial charge in [0, 0.05) is 31.2 Å². The third kappa shape index (κ3) is 3.07. The molecule has 1 aliphatic heterocycles. The predicted octanol–water partition coefficient (Wildman–Crippen LogP) is 1.80. The van der Waals surface area contributed by atoms with Gasteiger partial charge in [0.2, 0.25) is 0 Å². The Kier molecular flexibility index (Phi) is 3.84. The van der Waals surface area contributed by atoms with E-state index in [0.717, 1.165) is 24.5 Å². The molecule has 1 aliphatic rings. The first kappa shape index (κ1) is 12.6. The van der Waals surface area contributed by atoms with Crippen LogP contribution in [-0.4, -0.2) is 35.7 Å². The van der Waals surface area contributed by atoms with Crippen molar-refractivity contribution in [3.05, 3.63) is 17.5 Å². The topological polar surface area (TPSA) is 41.3 Å². The first-order valence-electron chi connectivity index (χ1n) is 6.42. The van der Waals surface area contributed by atoms with Crippen LogP contribution in [0.4, 0.5) is 0 Å². The number of aromatic nitrogens is 1. The maximum absolute atomic E-state index is 5.07. The third-order valence-electron chi connectivity index (χ3n) is 3.83. The Hall–Kier alpha value is -0.870. The standard InChI is InChI=1S/C13H23N3O/c1-9-8-16(4)10(2)5-13(9)14-7-12-6-11(3)17-15-12/h6,9-10,13-14H,5,7-8H2,1-4H3. The Bertz CT molecular complexity index is 363. The molecule has 0 aromatic carbocycles. The molecule has 0 radical (unpaired) electrons. The largest absolute Gasteiger partial charge is 0.361 e. The van der Waals surface area contributed by atoms with Crippen molar-refractivity contribution in [2.24, 2.45) is 5.92 Å². The third-order valence-corrected chi connectivity index (χ3v) is 3.83. The van der Waals surface area contributed by atoms with Gasteiger partial charge in [0.1, 0.15) is 5.76 Å². The fourth-order valence-electron chi connectivity index (χ4n) is 2.56. The second kappa shape index (κ2) is 5.19. The lowest BCUT2D eigenvalue weighted by molar-refractivity contribution is 0.121. The van der Waals surface area contributed by atoms with Crippen LogP contribution in [0.15, 0.2) is 10.6 Å². The van der Waals surface area contributed by atoms with E-state index in [-0.39, 0.29) is 0 Å². The van der Waals surface area contributed by atoms with Crippen LogP contribution < -0.4 is 5.32 Å². The Morgan fingerprint density at radius 3 is 2.94 bits per heavy atom. The van der Waals surface area contributed by atoms with E-state index < -0.39 is 0 Å². The number of rotatable bonds is 3. The van der Waals surface area contributed by atoms with Gasteiger partial charge in [-0.2, -0.15) is 0 Å². The molecule has 0 bridgehead atoms. The van der Waals surface area contributed by atoms with E-state index in [2.05, 4.69) is 36.3 Å². The molecule has 4 nitrogen and oxygen atoms in total. The average molecular weight is 237 g/mol. The highest BCUT2D eigenvalue weighted by molar-refractivity contribution is 5.03. The Morgan fingerprint density at radius 2 is 2.29 bits per heavy atom. The Balaban J connectivity index is 1.86. The highest BCUT2D eigenvalue weighted by atomic mass is 16.5. The van der Waals surface area contributed by atoms with E-state index in [1.807, 2.05) is 13.0 Å². The maximum atomic E-state index is 5.07. The summed E-state index contributed by atoms with van der Waals surface area (Å²) in [5, 5.41) is 7.61. The molecule has 1 aromatic heterocycles. The number of hydrogen-bond donors (Lipinski definition) is 1. The summed E-state index contributed by atoms with van der Waals surface area (Å²) >= 11 is 0. The lowest BCUT2D eigenvalue weighted by Crippen LogP contribution is -2.50. The van der Waals surface area contributed by atoms with Crippen molar-refractivity contribution in [3.8, 4) is 0 Å². The van der Waals surface area contributed by atoms with Gasteiger partial charge in [-0.15, -0.1) is 0 Å². The summed E-state index contributed by atoms with van der Waals surface area (Å²) in [7, 11) is 2.21. The summed E-state index contributed by atoms with van der Waals surface area (Å²) in [4.78, 5) is 2.43. The second-order valence-corrected chi connectivity index (χ2v) is 5.42. The van der Waals surface area contributed by atoms with Crippen molar-refractivity contribution in [2.45, 2.75) is 45.8 Å². The number of likely N-dealkylation sites (tertiary alicyclic amines) is 1. The van der Waals surface area contributed by atoms with Gasteiger partial charge in [0.25, 0.3) is 0 Å². The van der Waals surface area contributed by atoms with Crippen LogP contribution in [0, 0.1) is 12.8 Å². The van der Waals surface area contributed by atoms with Gasteiger partial charge < -0.3 is 14.7 Å². The molecule has 1 aromatic rings. The maximum Gasteiger partial charge on any atom is 0.133 e. The molecule has 96 valence electrons. The summed E-state index contributed by atoms with van der Waals surface area (Å²) in [5.74, 6) is 1.57. The molecule has 3 unspecified atom stereocenters. The summed E-state index contributed by atoms with van der Waals surface area (Å²) in [6.07, 6.45) is 1.20. The van der Waals surface area contributed by atoms with Crippen LogP contribution in [-0.2, 0) is 6.54 Å². The van der Waals surface area contributed by atoms with Crippen molar-refractivity contribution in [1.29, 1.82) is 0 Å². The van der Waals surface area contributed by atoms with Crippen molar-refractivity contribution < 1.29 is 4.52 Å². The van der Waals surface area contributed by atoms with E-state index >= 15 is 0 Å². The first-order chi connectivity index (χ1) is 8.06. The van der Waals surface area contributed by atoms with Crippen molar-refractivity contribution >= 4 is 0 Å². The normalized spacial score (nSPS) is 30.7. The lowest BCUT2D eigenvalue weighted by atomic mass is 9.90. The van der Waals surface area contributed by atoms with Crippen LogP contribution in [0.3, 0.4) is 0 Å². The van der Waals surface area contributed by atoms with E-state index in [9.17, 15) is 0 Å². The van der Waals surface area contributed by atoms with Crippen LogP contribution in [0.25, 0.3) is 0 Å². The average Bonchev–Trinajstić information content (AvgIpc) is 2.68. The van der Waals surface area contributed by atoms with Crippen LogP contribution in [0.5, 0.6) is 0 Å².